The van der Waals surface area contributed by atoms with E-state index in [-0.39, 0.29) is 5.55 Å². The van der Waals surface area contributed by atoms with E-state index in [0.717, 1.165) is 41.7 Å². The number of nitrogens with one attached hydrogen (secondary N) is 1. The maximum Gasteiger partial charge on any atom is 0.227 e. The molecule has 0 amide bonds. The third-order valence-corrected chi connectivity index (χ3v) is 4.00. The third-order valence-electron chi connectivity index (χ3n) is 4.00. The van der Waals surface area contributed by atoms with Crippen LogP contribution in [0.2, 0.25) is 0 Å². The second kappa shape index (κ2) is 5.15. The third kappa shape index (κ3) is 2.10. The Morgan fingerprint density at radius 1 is 1.09 bits per heavy atom. The van der Waals surface area contributed by atoms with Gasteiger partial charge in [0, 0.05) is 13.5 Å². The maximum atomic E-state index is 8.20. The van der Waals surface area contributed by atoms with E-state index in [0.29, 0.717) is 16.8 Å². The molecule has 0 bridgehead atoms. The van der Waals surface area contributed by atoms with Gasteiger partial charge < -0.3 is 8.98 Å². The summed E-state index contributed by atoms with van der Waals surface area (Å²) >= 11 is 0. The van der Waals surface area contributed by atoms with Crippen LogP contribution in [0.1, 0.15) is 25.7 Å². The molecule has 0 spiro atoms. The average Bonchev–Trinajstić information content (AvgIpc) is 2.83. The normalized spacial score (nSPS) is 11.7. The lowest BCUT2D eigenvalue weighted by Gasteiger charge is -2.05. The fraction of sp³-hybridized carbons (Fsp3) is 0.294. The Balaban J connectivity index is 2.20. The van der Waals surface area contributed by atoms with Gasteiger partial charge in [0.05, 0.1) is 11.0 Å². The predicted octanol–water partition coefficient (Wildman–Crippen LogP) is 3.31. The van der Waals surface area contributed by atoms with Crippen molar-refractivity contribution in [3.05, 3.63) is 35.7 Å². The first kappa shape index (κ1) is 13.9. The molecule has 0 aliphatic carbocycles. The quantitative estimate of drug-likeness (QED) is 0.629. The van der Waals surface area contributed by atoms with Crippen LogP contribution in [-0.4, -0.2) is 19.5 Å². The summed E-state index contributed by atoms with van der Waals surface area (Å²) in [6.45, 7) is 4.72. The van der Waals surface area contributed by atoms with Crippen LogP contribution < -0.4 is 5.55 Å². The molecule has 1 aromatic carbocycles. The number of benzene rings is 1. The largest absolute Gasteiger partial charge is 0.425 e. The number of unbranched alkanes of at least 4 members (excludes halogenated alkanes) is 1. The standard InChI is InChI=1S/C17H17N5O/c1-3-4-9-22-16-13(15(18)23-10(2)19-16)14-17(22)21-12-8-6-5-7-11(12)20-14/h5-8,18H,3-4,9H2,1-2H3. The van der Waals surface area contributed by atoms with Crippen LogP contribution in [-0.2, 0) is 6.54 Å². The molecular weight excluding hydrogens is 290 g/mol. The number of hydrogen-bond acceptors (Lipinski definition) is 5. The lowest BCUT2D eigenvalue weighted by atomic mass is 10.3. The van der Waals surface area contributed by atoms with Crippen LogP contribution >= 0.6 is 0 Å². The van der Waals surface area contributed by atoms with Crippen LogP contribution in [0.15, 0.2) is 28.7 Å². The summed E-state index contributed by atoms with van der Waals surface area (Å²) in [5.41, 5.74) is 3.95. The van der Waals surface area contributed by atoms with Gasteiger partial charge in [0.25, 0.3) is 0 Å². The second-order valence-corrected chi connectivity index (χ2v) is 5.65. The monoisotopic (exact) mass is 307 g/mol. The number of aromatic nitrogens is 4. The van der Waals surface area contributed by atoms with Gasteiger partial charge in [-0.3, -0.25) is 5.41 Å². The Kier molecular flexibility index (Phi) is 3.11. The summed E-state index contributed by atoms with van der Waals surface area (Å²) in [6, 6.07) is 7.77. The van der Waals surface area contributed by atoms with E-state index in [4.69, 9.17) is 19.8 Å². The van der Waals surface area contributed by atoms with E-state index in [1.807, 2.05) is 24.3 Å². The molecule has 0 saturated carbocycles. The molecule has 6 heteroatoms. The molecule has 3 aromatic heterocycles. The molecule has 0 aliphatic rings. The van der Waals surface area contributed by atoms with E-state index in [9.17, 15) is 0 Å². The van der Waals surface area contributed by atoms with Gasteiger partial charge >= 0.3 is 0 Å². The Morgan fingerprint density at radius 3 is 2.57 bits per heavy atom. The molecule has 0 atom stereocenters. The minimum Gasteiger partial charge on any atom is -0.425 e. The highest BCUT2D eigenvalue weighted by atomic mass is 16.3. The molecule has 6 nitrogen and oxygen atoms in total. The number of aryl methyl sites for hydroxylation is 2. The zero-order valence-corrected chi connectivity index (χ0v) is 13.1. The van der Waals surface area contributed by atoms with Crippen molar-refractivity contribution in [1.82, 2.24) is 19.5 Å². The summed E-state index contributed by atoms with van der Waals surface area (Å²) in [6.07, 6.45) is 2.10. The molecule has 0 fully saturated rings. The van der Waals surface area contributed by atoms with Gasteiger partial charge in [0.15, 0.2) is 17.2 Å². The van der Waals surface area contributed by atoms with E-state index in [2.05, 4.69) is 16.5 Å². The predicted molar refractivity (Wildman–Crippen MR) is 88.1 cm³/mol. The highest BCUT2D eigenvalue weighted by Gasteiger charge is 2.18. The Bertz CT molecular complexity index is 1090. The molecule has 4 rings (SSSR count). The van der Waals surface area contributed by atoms with Gasteiger partial charge in [-0.15, -0.1) is 0 Å². The van der Waals surface area contributed by atoms with Crippen molar-refractivity contribution in [3.63, 3.8) is 0 Å². The van der Waals surface area contributed by atoms with Crippen molar-refractivity contribution in [3.8, 4) is 0 Å². The van der Waals surface area contributed by atoms with Gasteiger partial charge in [0.2, 0.25) is 5.55 Å². The Labute approximate surface area is 132 Å². The topological polar surface area (TPSA) is 80.6 Å². The van der Waals surface area contributed by atoms with E-state index in [1.54, 1.807) is 6.92 Å². The number of hydrogen-bond donors (Lipinski definition) is 1. The number of nitrogens with zero attached hydrogens (tertiary/aromatic N) is 4. The van der Waals surface area contributed by atoms with Crippen LogP contribution in [0.5, 0.6) is 0 Å². The lowest BCUT2D eigenvalue weighted by Crippen LogP contribution is -2.05. The second-order valence-electron chi connectivity index (χ2n) is 5.65. The Morgan fingerprint density at radius 2 is 1.83 bits per heavy atom. The van der Waals surface area contributed by atoms with E-state index < -0.39 is 0 Å². The van der Waals surface area contributed by atoms with Crippen molar-refractivity contribution in [2.45, 2.75) is 33.2 Å². The first-order valence-electron chi connectivity index (χ1n) is 7.80. The SMILES string of the molecule is CCCCn1c2nc3ccccc3nc2c2c(=N)oc(C)nc21. The zero-order valence-electron chi connectivity index (χ0n) is 13.1. The lowest BCUT2D eigenvalue weighted by molar-refractivity contribution is 0.446. The fourth-order valence-corrected chi connectivity index (χ4v) is 2.91. The fourth-order valence-electron chi connectivity index (χ4n) is 2.91. The van der Waals surface area contributed by atoms with Gasteiger partial charge in [-0.05, 0) is 18.6 Å². The Hall–Kier alpha value is -2.76. The smallest absolute Gasteiger partial charge is 0.227 e. The summed E-state index contributed by atoms with van der Waals surface area (Å²) in [7, 11) is 0. The molecule has 4 aromatic rings. The van der Waals surface area contributed by atoms with Crippen molar-refractivity contribution in [2.24, 2.45) is 0 Å². The summed E-state index contributed by atoms with van der Waals surface area (Å²) < 4.78 is 7.47. The molecule has 0 unspecified atom stereocenters. The molecule has 0 aliphatic heterocycles. The first-order chi connectivity index (χ1) is 11.2. The number of para-hydroxylation sites is 2. The van der Waals surface area contributed by atoms with Gasteiger partial charge in [-0.25, -0.2) is 9.97 Å². The summed E-state index contributed by atoms with van der Waals surface area (Å²) in [5, 5.41) is 8.84. The summed E-state index contributed by atoms with van der Waals surface area (Å²) in [4.78, 5) is 14.0. The zero-order chi connectivity index (χ0) is 16.0. The molecule has 23 heavy (non-hydrogen) atoms. The summed E-state index contributed by atoms with van der Waals surface area (Å²) in [5.74, 6) is 0.479. The van der Waals surface area contributed by atoms with E-state index >= 15 is 0 Å². The molecule has 0 radical (unpaired) electrons. The van der Waals surface area contributed by atoms with Crippen LogP contribution in [0.25, 0.3) is 33.2 Å². The molecule has 116 valence electrons. The van der Waals surface area contributed by atoms with E-state index in [1.165, 1.54) is 0 Å². The van der Waals surface area contributed by atoms with Crippen molar-refractivity contribution in [1.29, 1.82) is 5.41 Å². The van der Waals surface area contributed by atoms with Crippen LogP contribution in [0, 0.1) is 12.3 Å². The van der Waals surface area contributed by atoms with Crippen molar-refractivity contribution >= 4 is 33.2 Å². The van der Waals surface area contributed by atoms with Crippen molar-refractivity contribution < 1.29 is 4.42 Å². The highest BCUT2D eigenvalue weighted by Crippen LogP contribution is 2.25. The number of rotatable bonds is 3. The van der Waals surface area contributed by atoms with Gasteiger partial charge in [0.1, 0.15) is 10.9 Å². The van der Waals surface area contributed by atoms with Crippen LogP contribution in [0.3, 0.4) is 0 Å². The van der Waals surface area contributed by atoms with Gasteiger partial charge in [-0.1, -0.05) is 25.5 Å². The first-order valence-corrected chi connectivity index (χ1v) is 7.80. The molecule has 3 heterocycles. The maximum absolute atomic E-state index is 8.20. The molecule has 1 N–H and O–H groups in total. The van der Waals surface area contributed by atoms with Gasteiger partial charge in [-0.2, -0.15) is 4.98 Å². The molecular formula is C17H17N5O. The minimum atomic E-state index is 0.0947. The minimum absolute atomic E-state index is 0.0947. The van der Waals surface area contributed by atoms with Crippen molar-refractivity contribution in [2.75, 3.05) is 0 Å². The highest BCUT2D eigenvalue weighted by molar-refractivity contribution is 6.04. The average molecular weight is 307 g/mol. The number of fused-ring (bicyclic) bond motifs is 4. The van der Waals surface area contributed by atoms with Crippen LogP contribution in [0.4, 0.5) is 0 Å². The molecule has 0 saturated heterocycles.